The molecule has 506 valence electrons. The number of benzene rings is 1. The van der Waals surface area contributed by atoms with E-state index >= 15 is 0 Å². The third-order valence-corrected chi connectivity index (χ3v) is 18.9. The van der Waals surface area contributed by atoms with Gasteiger partial charge >= 0.3 is 6.18 Å². The van der Waals surface area contributed by atoms with Crippen molar-refractivity contribution in [3.63, 3.8) is 0 Å². The number of aryl methyl sites for hydroxylation is 1. The first-order valence-electron chi connectivity index (χ1n) is 31.8. The van der Waals surface area contributed by atoms with Gasteiger partial charge in [-0.2, -0.15) is 13.2 Å². The van der Waals surface area contributed by atoms with E-state index in [1.54, 1.807) is 34.6 Å². The first-order chi connectivity index (χ1) is 41.9. The molecular weight excluding hydrogens is 1190 g/mol. The van der Waals surface area contributed by atoms with Gasteiger partial charge in [0.2, 0.25) is 65.0 Å². The lowest BCUT2D eigenvalue weighted by atomic mass is 9.84. The third-order valence-electron chi connectivity index (χ3n) is 18.6. The standard InChI is InChI=1S/C64H101ClF3N11O11/c1-17-40(7)54-60(88)74(12)36-52(82)72(10)37-53(83)77(15)49(34-42-23-20-19-21-24-42)59(87)73(11)35-50(80)69-46(29-27-43-26-28-44(45(65)33-43)64(66,67)68)58(86)79-30-22-25-47(79)57(85)71-63(9,18-2)62(90)78(16)55(39(5)6)61(89)75(13)41(8)32-51(81)76(14)48(31-38(3)4)56(84)70-54/h26,28,33,38-42,46-49,54-55H,17-25,27,29-32,34-37H2,1-16H3,(H,69,80)(H,70,84)(H,71,85)/t40-,41+,46-,47?,48-,49-,54-,55-,63-/m0/s1. The molecule has 11 amide bonds. The van der Waals surface area contributed by atoms with E-state index in [1.807, 2.05) is 20.8 Å². The van der Waals surface area contributed by atoms with Gasteiger partial charge in [-0.05, 0) is 100 Å². The van der Waals surface area contributed by atoms with Crippen molar-refractivity contribution in [2.75, 3.05) is 75.5 Å². The lowest BCUT2D eigenvalue weighted by Gasteiger charge is -2.40. The summed E-state index contributed by atoms with van der Waals surface area (Å²) in [7, 11) is 10.0. The van der Waals surface area contributed by atoms with Crippen LogP contribution in [0, 0.1) is 23.7 Å². The number of halogens is 4. The fraction of sp³-hybridized carbons (Fsp3) is 0.734. The van der Waals surface area contributed by atoms with E-state index in [4.69, 9.17) is 11.6 Å². The van der Waals surface area contributed by atoms with E-state index in [0.29, 0.717) is 18.4 Å². The summed E-state index contributed by atoms with van der Waals surface area (Å²) < 4.78 is 41.2. The average molecular weight is 1290 g/mol. The third kappa shape index (κ3) is 19.7. The number of nitrogens with one attached hydrogen (secondary N) is 3. The van der Waals surface area contributed by atoms with Crippen LogP contribution < -0.4 is 16.0 Å². The Morgan fingerprint density at radius 1 is 0.667 bits per heavy atom. The molecule has 4 rings (SSSR count). The Labute approximate surface area is 535 Å². The Morgan fingerprint density at radius 3 is 1.83 bits per heavy atom. The number of carbonyl (C=O) groups excluding carboxylic acids is 11. The van der Waals surface area contributed by atoms with Crippen molar-refractivity contribution < 1.29 is 65.9 Å². The molecule has 0 bridgehead atoms. The summed E-state index contributed by atoms with van der Waals surface area (Å²) in [5.41, 5.74) is -2.42. The molecule has 1 saturated carbocycles. The van der Waals surface area contributed by atoms with Crippen molar-refractivity contribution in [2.45, 2.75) is 206 Å². The average Bonchev–Trinajstić information content (AvgIpc) is 1.32. The van der Waals surface area contributed by atoms with E-state index in [-0.39, 0.29) is 63.3 Å². The molecule has 26 heteroatoms. The Hall–Kier alpha value is -6.53. The maximum atomic E-state index is 14.9. The van der Waals surface area contributed by atoms with Gasteiger partial charge in [0.25, 0.3) is 0 Å². The second kappa shape index (κ2) is 33.2. The van der Waals surface area contributed by atoms with Crippen LogP contribution >= 0.6 is 11.6 Å². The monoisotopic (exact) mass is 1290 g/mol. The topological polar surface area (TPSA) is 250 Å². The molecule has 3 N–H and O–H groups in total. The summed E-state index contributed by atoms with van der Waals surface area (Å²) in [5.74, 6) is -7.95. The molecule has 0 spiro atoms. The Bertz CT molecular complexity index is 2750. The van der Waals surface area contributed by atoms with E-state index < -0.39 is 161 Å². The smallest absolute Gasteiger partial charge is 0.343 e. The second-order valence-corrected chi connectivity index (χ2v) is 26.8. The highest BCUT2D eigenvalue weighted by molar-refractivity contribution is 6.31. The first kappa shape index (κ1) is 75.9. The minimum absolute atomic E-state index is 0.0305. The van der Waals surface area contributed by atoms with Gasteiger partial charge in [0, 0.05) is 68.3 Å². The zero-order valence-electron chi connectivity index (χ0n) is 55.9. The molecule has 2 aliphatic heterocycles. The normalized spacial score (nSPS) is 26.8. The van der Waals surface area contributed by atoms with Gasteiger partial charge in [-0.1, -0.05) is 105 Å². The van der Waals surface area contributed by atoms with E-state index in [9.17, 15) is 65.9 Å². The number of rotatable bonds is 11. The van der Waals surface area contributed by atoms with Gasteiger partial charge in [0.1, 0.15) is 41.8 Å². The highest BCUT2D eigenvalue weighted by atomic mass is 35.5. The zero-order chi connectivity index (χ0) is 68.0. The highest BCUT2D eigenvalue weighted by Gasteiger charge is 2.46. The van der Waals surface area contributed by atoms with Crippen LogP contribution in [0.25, 0.3) is 0 Å². The SMILES string of the molecule is CC[C@H](C)[C@@H]1NC(=O)[C@H](CC(C)C)N(C)C(=O)C[C@@H](C)N(C)C(=O)[C@H](C(C)C)N(C)C(=O)[C@](C)(CC)NC(=O)C2CCCN2C(=O)[C@H](CCc2ccc(C(F)(F)F)c(Cl)c2)NC(=O)CN(C)C(=O)[C@H](CC2CCCCC2)N(C)C(=O)CN(C)C(=O)CN(C)C1=O. The minimum atomic E-state index is -4.75. The second-order valence-electron chi connectivity index (χ2n) is 26.4. The molecule has 1 aliphatic carbocycles. The van der Waals surface area contributed by atoms with Gasteiger partial charge in [-0.25, -0.2) is 0 Å². The van der Waals surface area contributed by atoms with E-state index in [0.717, 1.165) is 58.9 Å². The molecular formula is C64H101ClF3N11O11. The van der Waals surface area contributed by atoms with Crippen LogP contribution in [0.1, 0.15) is 157 Å². The van der Waals surface area contributed by atoms with E-state index in [2.05, 4.69) is 16.0 Å². The van der Waals surface area contributed by atoms with Gasteiger partial charge < -0.3 is 55.1 Å². The maximum absolute atomic E-state index is 14.9. The molecule has 3 fully saturated rings. The van der Waals surface area contributed by atoms with Gasteiger partial charge in [-0.3, -0.25) is 52.7 Å². The minimum Gasteiger partial charge on any atom is -0.343 e. The Balaban J connectivity index is 1.81. The van der Waals surface area contributed by atoms with Crippen molar-refractivity contribution >= 4 is 76.6 Å². The van der Waals surface area contributed by atoms with Crippen molar-refractivity contribution in [3.05, 3.63) is 34.3 Å². The van der Waals surface area contributed by atoms with Crippen LogP contribution in [0.4, 0.5) is 13.2 Å². The van der Waals surface area contributed by atoms with Crippen LogP contribution in [0.5, 0.6) is 0 Å². The molecule has 22 nitrogen and oxygen atoms in total. The maximum Gasteiger partial charge on any atom is 0.417 e. The predicted octanol–water partition coefficient (Wildman–Crippen LogP) is 5.36. The molecule has 0 radical (unpaired) electrons. The van der Waals surface area contributed by atoms with E-state index in [1.165, 1.54) is 86.8 Å². The summed E-state index contributed by atoms with van der Waals surface area (Å²) in [5, 5.41) is 7.91. The molecule has 1 aromatic carbocycles. The molecule has 1 unspecified atom stereocenters. The highest BCUT2D eigenvalue weighted by Crippen LogP contribution is 2.36. The van der Waals surface area contributed by atoms with Crippen LogP contribution in [0.15, 0.2) is 18.2 Å². The van der Waals surface area contributed by atoms with Gasteiger partial charge in [0.15, 0.2) is 0 Å². The number of alkyl halides is 3. The molecule has 90 heavy (non-hydrogen) atoms. The molecule has 9 atom stereocenters. The Kier molecular flexibility index (Phi) is 28.0. The summed E-state index contributed by atoms with van der Waals surface area (Å²) >= 11 is 6.10. The number of nitrogens with zero attached hydrogens (tertiary/aromatic N) is 8. The number of hydrogen-bond donors (Lipinski definition) is 3. The van der Waals surface area contributed by atoms with Crippen LogP contribution in [0.2, 0.25) is 5.02 Å². The van der Waals surface area contributed by atoms with Gasteiger partial charge in [-0.15, -0.1) is 0 Å². The summed E-state index contributed by atoms with van der Waals surface area (Å²) in [6.07, 6.45) is 0.500. The first-order valence-corrected chi connectivity index (χ1v) is 32.2. The van der Waals surface area contributed by atoms with Crippen molar-refractivity contribution in [2.24, 2.45) is 23.7 Å². The van der Waals surface area contributed by atoms with Crippen LogP contribution in [-0.2, 0) is 65.3 Å². The van der Waals surface area contributed by atoms with Gasteiger partial charge in [0.05, 0.1) is 30.2 Å². The fourth-order valence-electron chi connectivity index (χ4n) is 12.2. The summed E-state index contributed by atoms with van der Waals surface area (Å²) in [4.78, 5) is 169. The molecule has 3 aliphatic rings. The Morgan fingerprint density at radius 2 is 1.27 bits per heavy atom. The molecule has 2 saturated heterocycles. The molecule has 2 heterocycles. The largest absolute Gasteiger partial charge is 0.417 e. The molecule has 1 aromatic rings. The lowest BCUT2D eigenvalue weighted by Crippen LogP contribution is -2.64. The van der Waals surface area contributed by atoms with Crippen molar-refractivity contribution in [1.82, 2.24) is 55.1 Å². The number of likely N-dealkylation sites (N-methyl/N-ethyl adjacent to an activating group) is 7. The van der Waals surface area contributed by atoms with Crippen LogP contribution in [-0.4, -0.2) is 228 Å². The lowest BCUT2D eigenvalue weighted by molar-refractivity contribution is -0.152. The summed E-state index contributed by atoms with van der Waals surface area (Å²) in [6, 6.07) is -4.64. The van der Waals surface area contributed by atoms with Crippen LogP contribution in [0.3, 0.4) is 0 Å². The quantitative estimate of drug-likeness (QED) is 0.254. The number of fused-ring (bicyclic) bond motifs is 1. The number of hydrogen-bond acceptors (Lipinski definition) is 11. The molecule has 0 aromatic heterocycles. The zero-order valence-corrected chi connectivity index (χ0v) is 56.6. The van der Waals surface area contributed by atoms with Crippen molar-refractivity contribution in [1.29, 1.82) is 0 Å². The fourth-order valence-corrected chi connectivity index (χ4v) is 12.5. The van der Waals surface area contributed by atoms with Crippen molar-refractivity contribution in [3.8, 4) is 0 Å². The number of carbonyl (C=O) groups is 11. The number of amides is 11. The summed E-state index contributed by atoms with van der Waals surface area (Å²) in [6.45, 7) is 14.1. The predicted molar refractivity (Wildman–Crippen MR) is 335 cm³/mol.